The molecule has 0 amide bonds. The predicted molar refractivity (Wildman–Crippen MR) is 86.1 cm³/mol. The number of benzene rings is 2. The Morgan fingerprint density at radius 3 is 2.67 bits per heavy atom. The van der Waals surface area contributed by atoms with E-state index >= 15 is 0 Å². The SMILES string of the molecule is COc1ccc2nc3n(C)c4ccccc4c(C)c-3c2c1. The van der Waals surface area contributed by atoms with Gasteiger partial charge in [0.1, 0.15) is 11.6 Å². The third-order valence-corrected chi connectivity index (χ3v) is 4.29. The number of rotatable bonds is 1. The summed E-state index contributed by atoms with van der Waals surface area (Å²) in [5.74, 6) is 1.89. The minimum absolute atomic E-state index is 0.868. The van der Waals surface area contributed by atoms with Crippen molar-refractivity contribution in [2.75, 3.05) is 7.11 Å². The van der Waals surface area contributed by atoms with Gasteiger partial charge in [-0.1, -0.05) is 18.2 Å². The van der Waals surface area contributed by atoms with E-state index in [1.807, 2.05) is 12.1 Å². The van der Waals surface area contributed by atoms with Gasteiger partial charge in [0.2, 0.25) is 0 Å². The third-order valence-electron chi connectivity index (χ3n) is 4.29. The van der Waals surface area contributed by atoms with Crippen LogP contribution in [0.15, 0.2) is 42.5 Å². The number of nitrogens with zero attached hydrogens (tertiary/aromatic N) is 2. The Morgan fingerprint density at radius 2 is 1.86 bits per heavy atom. The second kappa shape index (κ2) is 4.22. The molecule has 4 rings (SSSR count). The molecule has 2 aromatic rings. The lowest BCUT2D eigenvalue weighted by Crippen LogP contribution is -2.01. The van der Waals surface area contributed by atoms with E-state index in [1.54, 1.807) is 7.11 Å². The highest BCUT2D eigenvalue weighted by molar-refractivity contribution is 6.04. The van der Waals surface area contributed by atoms with Crippen molar-refractivity contribution >= 4 is 21.8 Å². The molecule has 0 aromatic heterocycles. The van der Waals surface area contributed by atoms with Gasteiger partial charge in [-0.05, 0) is 36.8 Å². The van der Waals surface area contributed by atoms with Gasteiger partial charge in [0, 0.05) is 28.9 Å². The van der Waals surface area contributed by atoms with Crippen molar-refractivity contribution in [2.24, 2.45) is 7.05 Å². The number of pyridine rings is 1. The molecule has 2 aliphatic heterocycles. The Hall–Kier alpha value is -2.55. The van der Waals surface area contributed by atoms with Crippen LogP contribution in [0.3, 0.4) is 0 Å². The summed E-state index contributed by atoms with van der Waals surface area (Å²) in [6.45, 7) is 2.17. The topological polar surface area (TPSA) is 27.1 Å². The lowest BCUT2D eigenvalue weighted by atomic mass is 10.00. The van der Waals surface area contributed by atoms with Gasteiger partial charge in [-0.3, -0.25) is 0 Å². The molecule has 104 valence electrons. The van der Waals surface area contributed by atoms with Crippen LogP contribution in [0.2, 0.25) is 0 Å². The van der Waals surface area contributed by atoms with Gasteiger partial charge in [0.25, 0.3) is 0 Å². The zero-order chi connectivity index (χ0) is 14.6. The normalized spacial score (nSPS) is 11.6. The first kappa shape index (κ1) is 12.2. The quantitative estimate of drug-likeness (QED) is 0.522. The Morgan fingerprint density at radius 1 is 1.05 bits per heavy atom. The molecule has 2 heterocycles. The van der Waals surface area contributed by atoms with Gasteiger partial charge < -0.3 is 9.30 Å². The van der Waals surface area contributed by atoms with Gasteiger partial charge in [0.05, 0.1) is 12.6 Å². The maximum atomic E-state index is 5.36. The van der Waals surface area contributed by atoms with Crippen LogP contribution in [0.1, 0.15) is 5.56 Å². The van der Waals surface area contributed by atoms with Crippen LogP contribution in [0.4, 0.5) is 0 Å². The lowest BCUT2D eigenvalue weighted by molar-refractivity contribution is 0.415. The lowest BCUT2D eigenvalue weighted by Gasteiger charge is -2.15. The monoisotopic (exact) mass is 276 g/mol. The molecule has 0 aliphatic carbocycles. The summed E-state index contributed by atoms with van der Waals surface area (Å²) >= 11 is 0. The fourth-order valence-corrected chi connectivity index (χ4v) is 3.17. The average molecular weight is 276 g/mol. The zero-order valence-electron chi connectivity index (χ0n) is 12.3. The maximum Gasteiger partial charge on any atom is 0.141 e. The van der Waals surface area contributed by atoms with Crippen molar-refractivity contribution in [3.05, 3.63) is 48.0 Å². The van der Waals surface area contributed by atoms with Crippen LogP contribution >= 0.6 is 0 Å². The molecule has 0 radical (unpaired) electrons. The summed E-state index contributed by atoms with van der Waals surface area (Å²) in [6, 6.07) is 14.5. The highest BCUT2D eigenvalue weighted by Gasteiger charge is 2.20. The standard InChI is InChI=1S/C18H16N2O/c1-11-13-6-4-5-7-16(13)20(2)18-17(11)14-10-12(21-3)8-9-15(14)19-18/h4-10H,1-3H3. The number of ether oxygens (including phenoxy) is 1. The summed E-state index contributed by atoms with van der Waals surface area (Å²) in [4.78, 5) is 4.81. The van der Waals surface area contributed by atoms with Gasteiger partial charge in [-0.15, -0.1) is 0 Å². The Kier molecular flexibility index (Phi) is 2.45. The summed E-state index contributed by atoms with van der Waals surface area (Å²) in [6.07, 6.45) is 0. The van der Waals surface area contributed by atoms with Crippen LogP contribution in [-0.4, -0.2) is 16.7 Å². The molecule has 21 heavy (non-hydrogen) atoms. The van der Waals surface area contributed by atoms with Gasteiger partial charge in [-0.25, -0.2) is 4.98 Å². The maximum absolute atomic E-state index is 5.36. The second-order valence-corrected chi connectivity index (χ2v) is 5.39. The van der Waals surface area contributed by atoms with Crippen LogP contribution in [0, 0.1) is 6.92 Å². The van der Waals surface area contributed by atoms with Gasteiger partial charge in [-0.2, -0.15) is 0 Å². The molecule has 0 N–H and O–H groups in total. The molecule has 0 unspecified atom stereocenters. The number of para-hydroxylation sites is 1. The summed E-state index contributed by atoms with van der Waals surface area (Å²) < 4.78 is 7.53. The highest BCUT2D eigenvalue weighted by atomic mass is 16.5. The highest BCUT2D eigenvalue weighted by Crippen LogP contribution is 2.38. The van der Waals surface area contributed by atoms with Crippen molar-refractivity contribution in [2.45, 2.75) is 6.92 Å². The first-order valence-corrected chi connectivity index (χ1v) is 7.02. The van der Waals surface area contributed by atoms with Gasteiger partial charge in [0.15, 0.2) is 0 Å². The van der Waals surface area contributed by atoms with Crippen molar-refractivity contribution < 1.29 is 4.74 Å². The molecule has 2 aromatic carbocycles. The van der Waals surface area contributed by atoms with Crippen molar-refractivity contribution in [1.29, 1.82) is 0 Å². The Balaban J connectivity index is 2.25. The molecule has 3 nitrogen and oxygen atoms in total. The number of aromatic nitrogens is 2. The molecule has 3 heteroatoms. The van der Waals surface area contributed by atoms with Crippen molar-refractivity contribution in [1.82, 2.24) is 9.55 Å². The first-order valence-electron chi connectivity index (χ1n) is 7.02. The van der Waals surface area contributed by atoms with Crippen LogP contribution in [0.5, 0.6) is 5.75 Å². The first-order chi connectivity index (χ1) is 10.2. The number of fused-ring (bicyclic) bond motifs is 4. The summed E-state index contributed by atoms with van der Waals surface area (Å²) in [5, 5.41) is 2.42. The fourth-order valence-electron chi connectivity index (χ4n) is 3.17. The summed E-state index contributed by atoms with van der Waals surface area (Å²) in [5.41, 5.74) is 4.71. The van der Waals surface area contributed by atoms with E-state index in [2.05, 4.69) is 48.9 Å². The van der Waals surface area contributed by atoms with E-state index in [0.717, 1.165) is 22.5 Å². The van der Waals surface area contributed by atoms with Crippen LogP contribution in [-0.2, 0) is 7.05 Å². The average Bonchev–Trinajstić information content (AvgIpc) is 2.91. The number of hydrogen-bond acceptors (Lipinski definition) is 2. The van der Waals surface area contributed by atoms with Crippen LogP contribution < -0.4 is 4.74 Å². The van der Waals surface area contributed by atoms with Crippen molar-refractivity contribution in [3.8, 4) is 17.1 Å². The smallest absolute Gasteiger partial charge is 0.141 e. The second-order valence-electron chi connectivity index (χ2n) is 5.39. The molecule has 0 saturated carbocycles. The number of aryl methyl sites for hydroxylation is 2. The van der Waals surface area contributed by atoms with E-state index in [1.165, 1.54) is 22.0 Å². The van der Waals surface area contributed by atoms with E-state index in [-0.39, 0.29) is 0 Å². The Bertz CT molecular complexity index is 952. The largest absolute Gasteiger partial charge is 0.497 e. The van der Waals surface area contributed by atoms with Crippen LogP contribution in [0.25, 0.3) is 33.2 Å². The molecule has 0 spiro atoms. The molecule has 0 fully saturated rings. The molecule has 0 saturated heterocycles. The van der Waals surface area contributed by atoms with Gasteiger partial charge >= 0.3 is 0 Å². The minimum Gasteiger partial charge on any atom is -0.497 e. The molecular formula is C18H16N2O. The van der Waals surface area contributed by atoms with E-state index in [4.69, 9.17) is 9.72 Å². The molecular weight excluding hydrogens is 260 g/mol. The fraction of sp³-hybridized carbons (Fsp3) is 0.167. The molecule has 0 bridgehead atoms. The Labute approximate surface area is 123 Å². The minimum atomic E-state index is 0.868. The molecule has 0 atom stereocenters. The van der Waals surface area contributed by atoms with E-state index in [9.17, 15) is 0 Å². The van der Waals surface area contributed by atoms with Crippen molar-refractivity contribution in [3.63, 3.8) is 0 Å². The zero-order valence-corrected chi connectivity index (χ0v) is 12.3. The molecule has 2 aliphatic rings. The van der Waals surface area contributed by atoms with E-state index < -0.39 is 0 Å². The van der Waals surface area contributed by atoms with E-state index in [0.29, 0.717) is 0 Å². The summed E-state index contributed by atoms with van der Waals surface area (Å²) in [7, 11) is 3.77. The third kappa shape index (κ3) is 1.57. The predicted octanol–water partition coefficient (Wildman–Crippen LogP) is 4.15. The number of methoxy groups -OCH3 is 1. The number of hydrogen-bond donors (Lipinski definition) is 0.